The van der Waals surface area contributed by atoms with Crippen LogP contribution in [0.2, 0.25) is 0 Å². The fraction of sp³-hybridized carbons (Fsp3) is 0.846. The summed E-state index contributed by atoms with van der Waals surface area (Å²) in [5, 5.41) is 9.16. The zero-order valence-corrected chi connectivity index (χ0v) is 10.1. The number of aliphatic hydroxyl groups excluding tert-OH is 1. The summed E-state index contributed by atoms with van der Waals surface area (Å²) in [5.74, 6) is 5.98. The minimum absolute atomic E-state index is 0.0670. The third kappa shape index (κ3) is 4.64. The summed E-state index contributed by atoms with van der Waals surface area (Å²) < 4.78 is 16.2. The zero-order valence-electron chi connectivity index (χ0n) is 10.1. The fourth-order valence-electron chi connectivity index (χ4n) is 2.05. The van der Waals surface area contributed by atoms with Crippen LogP contribution in [0.5, 0.6) is 0 Å². The maximum absolute atomic E-state index is 9.16. The summed E-state index contributed by atoms with van der Waals surface area (Å²) in [6.07, 6.45) is 4.99. The van der Waals surface area contributed by atoms with Gasteiger partial charge in [0.25, 0.3) is 0 Å². The van der Waals surface area contributed by atoms with Crippen molar-refractivity contribution in [3.63, 3.8) is 0 Å². The number of hydrogen-bond donors (Lipinski definition) is 1. The standard InChI is InChI=1S/C13H20O4/c14-12-8-7-11(17-12)5-1-3-9-15-13-6-2-4-10-16-13/h11-14H,2,4-10H2/t11-,12+,13-/m1/s1. The highest BCUT2D eigenvalue weighted by atomic mass is 16.7. The molecule has 0 amide bonds. The van der Waals surface area contributed by atoms with Crippen LogP contribution >= 0.6 is 0 Å². The molecule has 17 heavy (non-hydrogen) atoms. The minimum atomic E-state index is -0.589. The van der Waals surface area contributed by atoms with Crippen molar-refractivity contribution in [3.8, 4) is 11.8 Å². The van der Waals surface area contributed by atoms with E-state index in [9.17, 15) is 0 Å². The topological polar surface area (TPSA) is 47.9 Å². The zero-order chi connectivity index (χ0) is 11.9. The molecule has 1 N–H and O–H groups in total. The van der Waals surface area contributed by atoms with E-state index < -0.39 is 6.29 Å². The molecular weight excluding hydrogens is 220 g/mol. The van der Waals surface area contributed by atoms with Gasteiger partial charge in [0, 0.05) is 19.4 Å². The molecule has 2 rings (SSSR count). The Morgan fingerprint density at radius 1 is 1.18 bits per heavy atom. The van der Waals surface area contributed by atoms with Gasteiger partial charge in [-0.2, -0.15) is 0 Å². The first-order chi connectivity index (χ1) is 8.34. The average molecular weight is 240 g/mol. The van der Waals surface area contributed by atoms with Crippen molar-refractivity contribution in [2.45, 2.75) is 57.2 Å². The molecule has 0 aromatic heterocycles. The monoisotopic (exact) mass is 240 g/mol. The Morgan fingerprint density at radius 2 is 2.12 bits per heavy atom. The summed E-state index contributed by atoms with van der Waals surface area (Å²) in [4.78, 5) is 0. The molecule has 2 fully saturated rings. The van der Waals surface area contributed by atoms with E-state index in [1.807, 2.05) is 0 Å². The van der Waals surface area contributed by atoms with Gasteiger partial charge in [-0.1, -0.05) is 11.8 Å². The number of ether oxygens (including phenoxy) is 3. The van der Waals surface area contributed by atoms with E-state index in [0.717, 1.165) is 32.3 Å². The highest BCUT2D eigenvalue weighted by Gasteiger charge is 2.21. The van der Waals surface area contributed by atoms with Gasteiger partial charge in [0.1, 0.15) is 6.61 Å². The molecule has 0 aliphatic carbocycles. The Hall–Kier alpha value is -0.600. The van der Waals surface area contributed by atoms with E-state index >= 15 is 0 Å². The first kappa shape index (κ1) is 12.8. The van der Waals surface area contributed by atoms with Gasteiger partial charge in [0.15, 0.2) is 12.6 Å². The van der Waals surface area contributed by atoms with Crippen LogP contribution in [0.15, 0.2) is 0 Å². The van der Waals surface area contributed by atoms with Gasteiger partial charge in [0.05, 0.1) is 6.10 Å². The summed E-state index contributed by atoms with van der Waals surface area (Å²) in [5.41, 5.74) is 0. The molecule has 96 valence electrons. The van der Waals surface area contributed by atoms with E-state index in [1.165, 1.54) is 6.42 Å². The van der Waals surface area contributed by atoms with Crippen molar-refractivity contribution in [1.82, 2.24) is 0 Å². The highest BCUT2D eigenvalue weighted by Crippen LogP contribution is 2.19. The van der Waals surface area contributed by atoms with E-state index in [-0.39, 0.29) is 12.4 Å². The third-order valence-corrected chi connectivity index (χ3v) is 3.02. The molecule has 3 atom stereocenters. The Balaban J connectivity index is 1.55. The van der Waals surface area contributed by atoms with Gasteiger partial charge >= 0.3 is 0 Å². The number of hydrogen-bond acceptors (Lipinski definition) is 4. The molecule has 0 radical (unpaired) electrons. The lowest BCUT2D eigenvalue weighted by Gasteiger charge is -2.21. The Kier molecular flexibility index (Phi) is 5.27. The minimum Gasteiger partial charge on any atom is -0.368 e. The maximum Gasteiger partial charge on any atom is 0.158 e. The van der Waals surface area contributed by atoms with Crippen LogP contribution in [0, 0.1) is 11.8 Å². The Labute approximate surface area is 102 Å². The van der Waals surface area contributed by atoms with Crippen molar-refractivity contribution in [2.24, 2.45) is 0 Å². The predicted octanol–water partition coefficient (Wildman–Crippen LogP) is 1.42. The van der Waals surface area contributed by atoms with Crippen LogP contribution in [0.1, 0.15) is 38.5 Å². The summed E-state index contributed by atoms with van der Waals surface area (Å²) >= 11 is 0. The summed E-state index contributed by atoms with van der Waals surface area (Å²) in [7, 11) is 0. The molecular formula is C13H20O4. The molecule has 2 heterocycles. The lowest BCUT2D eigenvalue weighted by molar-refractivity contribution is -0.154. The lowest BCUT2D eigenvalue weighted by atomic mass is 10.2. The molecule has 0 spiro atoms. The van der Waals surface area contributed by atoms with Gasteiger partial charge in [-0.3, -0.25) is 0 Å². The second-order valence-electron chi connectivity index (χ2n) is 4.45. The summed E-state index contributed by atoms with van der Waals surface area (Å²) in [6, 6.07) is 0. The number of aliphatic hydroxyl groups is 1. The molecule has 4 nitrogen and oxygen atoms in total. The molecule has 0 unspecified atom stereocenters. The van der Waals surface area contributed by atoms with Crippen LogP contribution in [0.4, 0.5) is 0 Å². The second kappa shape index (κ2) is 6.97. The van der Waals surface area contributed by atoms with Crippen molar-refractivity contribution in [1.29, 1.82) is 0 Å². The van der Waals surface area contributed by atoms with Crippen LogP contribution in [-0.4, -0.2) is 37.0 Å². The molecule has 4 heteroatoms. The molecule has 2 aliphatic heterocycles. The molecule has 0 saturated carbocycles. The van der Waals surface area contributed by atoms with E-state index in [4.69, 9.17) is 19.3 Å². The second-order valence-corrected chi connectivity index (χ2v) is 4.45. The molecule has 2 saturated heterocycles. The molecule has 0 bridgehead atoms. The van der Waals surface area contributed by atoms with Crippen molar-refractivity contribution in [2.75, 3.05) is 13.2 Å². The lowest BCUT2D eigenvalue weighted by Crippen LogP contribution is -2.22. The average Bonchev–Trinajstić information content (AvgIpc) is 2.76. The first-order valence-corrected chi connectivity index (χ1v) is 6.37. The van der Waals surface area contributed by atoms with Gasteiger partial charge in [-0.15, -0.1) is 0 Å². The van der Waals surface area contributed by atoms with E-state index in [1.54, 1.807) is 0 Å². The highest BCUT2D eigenvalue weighted by molar-refractivity contribution is 5.01. The van der Waals surface area contributed by atoms with Gasteiger partial charge in [-0.25, -0.2) is 0 Å². The quantitative estimate of drug-likeness (QED) is 0.758. The number of rotatable bonds is 3. The van der Waals surface area contributed by atoms with Crippen LogP contribution in [0.25, 0.3) is 0 Å². The van der Waals surface area contributed by atoms with Crippen molar-refractivity contribution >= 4 is 0 Å². The largest absolute Gasteiger partial charge is 0.368 e. The van der Waals surface area contributed by atoms with Crippen molar-refractivity contribution < 1.29 is 19.3 Å². The Bertz CT molecular complexity index is 275. The predicted molar refractivity (Wildman–Crippen MR) is 62.0 cm³/mol. The SMILES string of the molecule is O[C@@H]1CC[C@@H](CC#CCO[C@H]2CCCCO2)O1. The Morgan fingerprint density at radius 3 is 2.82 bits per heavy atom. The van der Waals surface area contributed by atoms with Crippen LogP contribution < -0.4 is 0 Å². The van der Waals surface area contributed by atoms with Crippen LogP contribution in [0.3, 0.4) is 0 Å². The van der Waals surface area contributed by atoms with Gasteiger partial charge in [-0.05, 0) is 25.7 Å². The van der Waals surface area contributed by atoms with Crippen LogP contribution in [-0.2, 0) is 14.2 Å². The third-order valence-electron chi connectivity index (χ3n) is 3.02. The maximum atomic E-state index is 9.16. The van der Waals surface area contributed by atoms with E-state index in [0.29, 0.717) is 13.0 Å². The van der Waals surface area contributed by atoms with Crippen molar-refractivity contribution in [3.05, 3.63) is 0 Å². The summed E-state index contributed by atoms with van der Waals surface area (Å²) in [6.45, 7) is 1.21. The molecule has 0 aromatic carbocycles. The van der Waals surface area contributed by atoms with E-state index in [2.05, 4.69) is 11.8 Å². The fourth-order valence-corrected chi connectivity index (χ4v) is 2.05. The smallest absolute Gasteiger partial charge is 0.158 e. The van der Waals surface area contributed by atoms with Gasteiger partial charge in [0.2, 0.25) is 0 Å². The first-order valence-electron chi connectivity index (χ1n) is 6.37. The molecule has 0 aromatic rings. The van der Waals surface area contributed by atoms with Gasteiger partial charge < -0.3 is 19.3 Å². The normalized spacial score (nSPS) is 33.1. The molecule has 2 aliphatic rings.